The predicted molar refractivity (Wildman–Crippen MR) is 64.2 cm³/mol. The van der Waals surface area contributed by atoms with Crippen LogP contribution in [0.4, 0.5) is 0 Å². The van der Waals surface area contributed by atoms with Crippen molar-refractivity contribution in [1.29, 1.82) is 0 Å². The number of ether oxygens (including phenoxy) is 1. The van der Waals surface area contributed by atoms with Crippen molar-refractivity contribution in [2.75, 3.05) is 0 Å². The van der Waals surface area contributed by atoms with Gasteiger partial charge in [0, 0.05) is 0 Å². The Bertz CT molecular complexity index is 351. The molecule has 0 N–H and O–H groups in total. The summed E-state index contributed by atoms with van der Waals surface area (Å²) < 4.78 is 6.61. The van der Waals surface area contributed by atoms with E-state index in [1.807, 2.05) is 0 Å². The van der Waals surface area contributed by atoms with E-state index in [4.69, 9.17) is 4.74 Å². The lowest BCUT2D eigenvalue weighted by atomic mass is 9.51. The lowest BCUT2D eigenvalue weighted by Crippen LogP contribution is -2.49. The summed E-state index contributed by atoms with van der Waals surface area (Å²) in [5, 5.41) is 0. The standard InChI is InChI=1S/C15H24O/c1-10-4-5-12-14(3)8-11-9-15(10,12)7-6-13(11,2)16-14/h10-12H,4-9H2,1-3H3. The fraction of sp³-hybridized carbons (Fsp3) is 1.00. The minimum atomic E-state index is 0.235. The van der Waals surface area contributed by atoms with E-state index in [1.54, 1.807) is 0 Å². The Kier molecular flexibility index (Phi) is 1.57. The molecule has 1 heterocycles. The molecule has 0 aromatic rings. The van der Waals surface area contributed by atoms with Gasteiger partial charge in [0.25, 0.3) is 0 Å². The fourth-order valence-corrected chi connectivity index (χ4v) is 6.17. The SMILES string of the molecule is CC1CCC2C3(C)CC4CC12CCC4(C)O3. The molecule has 1 aliphatic heterocycles. The minimum absolute atomic E-state index is 0.235. The third-order valence-corrected chi connectivity index (χ3v) is 7.00. The molecule has 3 bridgehead atoms. The van der Waals surface area contributed by atoms with Gasteiger partial charge in [-0.15, -0.1) is 0 Å². The van der Waals surface area contributed by atoms with Crippen LogP contribution >= 0.6 is 0 Å². The van der Waals surface area contributed by atoms with E-state index in [0.29, 0.717) is 5.41 Å². The summed E-state index contributed by atoms with van der Waals surface area (Å²) in [5.74, 6) is 2.68. The van der Waals surface area contributed by atoms with Gasteiger partial charge in [-0.25, -0.2) is 0 Å². The van der Waals surface area contributed by atoms with Gasteiger partial charge in [0.05, 0.1) is 11.2 Å². The highest BCUT2D eigenvalue weighted by Crippen LogP contribution is 2.72. The van der Waals surface area contributed by atoms with Crippen molar-refractivity contribution in [1.82, 2.24) is 0 Å². The van der Waals surface area contributed by atoms with Gasteiger partial charge in [-0.1, -0.05) is 6.92 Å². The quantitative estimate of drug-likeness (QED) is 0.604. The van der Waals surface area contributed by atoms with Gasteiger partial charge in [-0.2, -0.15) is 0 Å². The fourth-order valence-electron chi connectivity index (χ4n) is 6.17. The largest absolute Gasteiger partial charge is 0.369 e. The number of fused-ring (bicyclic) bond motifs is 2. The van der Waals surface area contributed by atoms with Crippen molar-refractivity contribution in [2.24, 2.45) is 23.2 Å². The first kappa shape index (κ1) is 9.94. The van der Waals surface area contributed by atoms with Gasteiger partial charge in [-0.3, -0.25) is 0 Å². The Morgan fingerprint density at radius 1 is 1.00 bits per heavy atom. The molecule has 4 fully saturated rings. The summed E-state index contributed by atoms with van der Waals surface area (Å²) >= 11 is 0. The molecule has 3 saturated carbocycles. The van der Waals surface area contributed by atoms with Crippen molar-refractivity contribution < 1.29 is 4.74 Å². The van der Waals surface area contributed by atoms with Crippen molar-refractivity contribution in [3.63, 3.8) is 0 Å². The topological polar surface area (TPSA) is 9.23 Å². The maximum absolute atomic E-state index is 6.61. The van der Waals surface area contributed by atoms with Crippen LogP contribution in [0.2, 0.25) is 0 Å². The minimum Gasteiger partial charge on any atom is -0.369 e. The third kappa shape index (κ3) is 0.868. The maximum Gasteiger partial charge on any atom is 0.0699 e. The molecule has 0 radical (unpaired) electrons. The number of hydrogen-bond donors (Lipinski definition) is 0. The molecule has 0 aromatic heterocycles. The Hall–Kier alpha value is -0.0400. The van der Waals surface area contributed by atoms with E-state index in [1.165, 1.54) is 38.5 Å². The second-order valence-corrected chi connectivity index (χ2v) is 7.60. The van der Waals surface area contributed by atoms with Gasteiger partial charge < -0.3 is 4.74 Å². The Balaban J connectivity index is 1.88. The second kappa shape index (κ2) is 2.53. The van der Waals surface area contributed by atoms with Crippen LogP contribution < -0.4 is 0 Å². The molecule has 1 nitrogen and oxygen atoms in total. The first-order valence-electron chi connectivity index (χ1n) is 7.19. The maximum atomic E-state index is 6.61. The van der Waals surface area contributed by atoms with E-state index >= 15 is 0 Å². The molecule has 0 amide bonds. The molecule has 3 aliphatic carbocycles. The van der Waals surface area contributed by atoms with Gasteiger partial charge in [-0.05, 0) is 75.5 Å². The van der Waals surface area contributed by atoms with E-state index in [-0.39, 0.29) is 11.2 Å². The average molecular weight is 220 g/mol. The van der Waals surface area contributed by atoms with Crippen molar-refractivity contribution in [2.45, 2.75) is 70.5 Å². The first-order chi connectivity index (χ1) is 7.49. The van der Waals surface area contributed by atoms with Crippen molar-refractivity contribution in [3.05, 3.63) is 0 Å². The van der Waals surface area contributed by atoms with Gasteiger partial charge in [0.1, 0.15) is 0 Å². The average Bonchev–Trinajstić information content (AvgIpc) is 2.61. The van der Waals surface area contributed by atoms with Crippen LogP contribution in [0.1, 0.15) is 59.3 Å². The zero-order chi connectivity index (χ0) is 11.2. The number of hydrogen-bond acceptors (Lipinski definition) is 1. The summed E-state index contributed by atoms with van der Waals surface area (Å²) in [5.41, 5.74) is 1.15. The smallest absolute Gasteiger partial charge is 0.0699 e. The van der Waals surface area contributed by atoms with Gasteiger partial charge >= 0.3 is 0 Å². The zero-order valence-corrected chi connectivity index (χ0v) is 10.9. The van der Waals surface area contributed by atoms with E-state index in [2.05, 4.69) is 20.8 Å². The molecule has 6 unspecified atom stereocenters. The molecule has 1 saturated heterocycles. The number of rotatable bonds is 0. The molecule has 0 aromatic carbocycles. The van der Waals surface area contributed by atoms with Crippen LogP contribution in [-0.4, -0.2) is 11.2 Å². The summed E-state index contributed by atoms with van der Waals surface area (Å²) in [6, 6.07) is 0. The van der Waals surface area contributed by atoms with Crippen molar-refractivity contribution >= 4 is 0 Å². The molecule has 6 atom stereocenters. The Morgan fingerprint density at radius 2 is 1.81 bits per heavy atom. The molecule has 1 heteroatoms. The van der Waals surface area contributed by atoms with Crippen LogP contribution in [0.5, 0.6) is 0 Å². The Labute approximate surface area is 98.9 Å². The van der Waals surface area contributed by atoms with Gasteiger partial charge in [0.15, 0.2) is 0 Å². The monoisotopic (exact) mass is 220 g/mol. The summed E-state index contributed by atoms with van der Waals surface area (Å²) in [6.45, 7) is 7.32. The predicted octanol–water partition coefficient (Wildman–Crippen LogP) is 3.77. The Morgan fingerprint density at radius 3 is 2.62 bits per heavy atom. The first-order valence-corrected chi connectivity index (χ1v) is 7.19. The molecule has 4 aliphatic rings. The van der Waals surface area contributed by atoms with E-state index < -0.39 is 0 Å². The van der Waals surface area contributed by atoms with Crippen LogP contribution in [0.15, 0.2) is 0 Å². The normalized spacial score (nSPS) is 67.3. The highest BCUT2D eigenvalue weighted by molar-refractivity contribution is 5.19. The van der Waals surface area contributed by atoms with E-state index in [9.17, 15) is 0 Å². The highest BCUT2D eigenvalue weighted by Gasteiger charge is 2.70. The van der Waals surface area contributed by atoms with Crippen LogP contribution in [0.25, 0.3) is 0 Å². The lowest BCUT2D eigenvalue weighted by Gasteiger charge is -2.52. The van der Waals surface area contributed by atoms with Crippen molar-refractivity contribution in [3.8, 4) is 0 Å². The lowest BCUT2D eigenvalue weighted by molar-refractivity contribution is -0.107. The van der Waals surface area contributed by atoms with Crippen LogP contribution in [-0.2, 0) is 4.74 Å². The zero-order valence-electron chi connectivity index (χ0n) is 10.9. The van der Waals surface area contributed by atoms with Crippen LogP contribution in [0, 0.1) is 23.2 Å². The summed E-state index contributed by atoms with van der Waals surface area (Å²) in [4.78, 5) is 0. The highest BCUT2D eigenvalue weighted by atomic mass is 16.5. The second-order valence-electron chi connectivity index (χ2n) is 7.60. The molecular formula is C15H24O. The molecule has 90 valence electrons. The van der Waals surface area contributed by atoms with Gasteiger partial charge in [0.2, 0.25) is 0 Å². The summed E-state index contributed by atoms with van der Waals surface area (Å²) in [7, 11) is 0. The molecular weight excluding hydrogens is 196 g/mol. The van der Waals surface area contributed by atoms with Crippen LogP contribution in [0.3, 0.4) is 0 Å². The molecule has 4 rings (SSSR count). The molecule has 1 spiro atoms. The summed E-state index contributed by atoms with van der Waals surface area (Å²) in [6.07, 6.45) is 8.48. The van der Waals surface area contributed by atoms with E-state index in [0.717, 1.165) is 17.8 Å². The third-order valence-electron chi connectivity index (χ3n) is 7.00. The molecule has 16 heavy (non-hydrogen) atoms.